The van der Waals surface area contributed by atoms with Gasteiger partial charge in [-0.25, -0.2) is 9.18 Å². The molecule has 0 saturated heterocycles. The Morgan fingerprint density at radius 2 is 2.17 bits per heavy atom. The van der Waals surface area contributed by atoms with Crippen LogP contribution in [0.5, 0.6) is 0 Å². The maximum absolute atomic E-state index is 13.0. The summed E-state index contributed by atoms with van der Waals surface area (Å²) in [6, 6.07) is 3.65. The van der Waals surface area contributed by atoms with Crippen LogP contribution in [-0.2, 0) is 4.74 Å². The SMILES string of the molecule is COCC(Nc1ccc(F)cc1C(=O)O)C(C)C. The van der Waals surface area contributed by atoms with Crippen LogP contribution in [0.3, 0.4) is 0 Å². The van der Waals surface area contributed by atoms with Crippen LogP contribution in [0.25, 0.3) is 0 Å². The van der Waals surface area contributed by atoms with Gasteiger partial charge >= 0.3 is 5.97 Å². The standard InChI is InChI=1S/C13H18FNO3/c1-8(2)12(7-18-3)15-11-5-4-9(14)6-10(11)13(16)17/h4-6,8,12,15H,7H2,1-3H3,(H,16,17). The minimum Gasteiger partial charge on any atom is -0.478 e. The van der Waals surface area contributed by atoms with Gasteiger partial charge in [-0.15, -0.1) is 0 Å². The van der Waals surface area contributed by atoms with Crippen molar-refractivity contribution in [2.75, 3.05) is 19.0 Å². The zero-order chi connectivity index (χ0) is 13.7. The third-order valence-corrected chi connectivity index (χ3v) is 2.70. The Bertz CT molecular complexity index is 421. The lowest BCUT2D eigenvalue weighted by Crippen LogP contribution is -2.31. The van der Waals surface area contributed by atoms with Crippen molar-refractivity contribution in [2.45, 2.75) is 19.9 Å². The molecule has 2 N–H and O–H groups in total. The Kier molecular flexibility index (Phi) is 5.09. The van der Waals surface area contributed by atoms with E-state index in [-0.39, 0.29) is 17.5 Å². The van der Waals surface area contributed by atoms with Gasteiger partial charge in [-0.1, -0.05) is 13.8 Å². The fraction of sp³-hybridized carbons (Fsp3) is 0.462. The van der Waals surface area contributed by atoms with E-state index >= 15 is 0 Å². The van der Waals surface area contributed by atoms with Gasteiger partial charge in [0.15, 0.2) is 0 Å². The molecule has 0 aliphatic rings. The fourth-order valence-corrected chi connectivity index (χ4v) is 1.60. The molecule has 0 bridgehead atoms. The number of carbonyl (C=O) groups is 1. The summed E-state index contributed by atoms with van der Waals surface area (Å²) in [5.74, 6) is -1.46. The van der Waals surface area contributed by atoms with Crippen molar-refractivity contribution in [2.24, 2.45) is 5.92 Å². The largest absolute Gasteiger partial charge is 0.478 e. The average molecular weight is 255 g/mol. The van der Waals surface area contributed by atoms with E-state index in [0.29, 0.717) is 12.3 Å². The summed E-state index contributed by atoms with van der Waals surface area (Å²) in [6.45, 7) is 4.45. The first-order chi connectivity index (χ1) is 8.45. The van der Waals surface area contributed by atoms with E-state index in [9.17, 15) is 9.18 Å². The highest BCUT2D eigenvalue weighted by Gasteiger charge is 2.17. The summed E-state index contributed by atoms with van der Waals surface area (Å²) in [5.41, 5.74) is 0.330. The van der Waals surface area contributed by atoms with Gasteiger partial charge in [0.25, 0.3) is 0 Å². The van der Waals surface area contributed by atoms with Gasteiger partial charge in [0.1, 0.15) is 5.82 Å². The molecule has 100 valence electrons. The number of carboxylic acid groups (broad SMARTS) is 1. The van der Waals surface area contributed by atoms with Gasteiger partial charge in [-0.05, 0) is 24.1 Å². The lowest BCUT2D eigenvalue weighted by molar-refractivity contribution is 0.0697. The third-order valence-electron chi connectivity index (χ3n) is 2.70. The Morgan fingerprint density at radius 3 is 2.67 bits per heavy atom. The Hall–Kier alpha value is -1.62. The van der Waals surface area contributed by atoms with Gasteiger partial charge in [-0.2, -0.15) is 0 Å². The van der Waals surface area contributed by atoms with E-state index < -0.39 is 11.8 Å². The van der Waals surface area contributed by atoms with E-state index in [1.165, 1.54) is 12.1 Å². The molecular weight excluding hydrogens is 237 g/mol. The summed E-state index contributed by atoms with van der Waals surface area (Å²) >= 11 is 0. The van der Waals surface area contributed by atoms with Crippen LogP contribution in [0.15, 0.2) is 18.2 Å². The van der Waals surface area contributed by atoms with Crippen LogP contribution in [-0.4, -0.2) is 30.8 Å². The molecule has 4 nitrogen and oxygen atoms in total. The zero-order valence-electron chi connectivity index (χ0n) is 10.7. The number of hydrogen-bond donors (Lipinski definition) is 2. The Labute approximate surface area is 106 Å². The Morgan fingerprint density at radius 1 is 1.50 bits per heavy atom. The van der Waals surface area contributed by atoms with Crippen molar-refractivity contribution >= 4 is 11.7 Å². The van der Waals surface area contributed by atoms with Crippen molar-refractivity contribution in [1.29, 1.82) is 0 Å². The molecule has 0 spiro atoms. The van der Waals surface area contributed by atoms with Gasteiger partial charge in [-0.3, -0.25) is 0 Å². The average Bonchev–Trinajstić information content (AvgIpc) is 2.30. The minimum atomic E-state index is -1.16. The second-order valence-corrected chi connectivity index (χ2v) is 4.45. The fourth-order valence-electron chi connectivity index (χ4n) is 1.60. The minimum absolute atomic E-state index is 0.0291. The maximum Gasteiger partial charge on any atom is 0.337 e. The molecule has 1 unspecified atom stereocenters. The van der Waals surface area contributed by atoms with E-state index in [2.05, 4.69) is 5.32 Å². The molecule has 1 atom stereocenters. The van der Waals surface area contributed by atoms with Crippen LogP contribution in [0, 0.1) is 11.7 Å². The number of carboxylic acids is 1. The van der Waals surface area contributed by atoms with Crippen molar-refractivity contribution in [3.63, 3.8) is 0 Å². The van der Waals surface area contributed by atoms with Crippen molar-refractivity contribution in [1.82, 2.24) is 0 Å². The molecule has 0 aliphatic carbocycles. The van der Waals surface area contributed by atoms with Crippen LogP contribution in [0.2, 0.25) is 0 Å². The summed E-state index contributed by atoms with van der Waals surface area (Å²) < 4.78 is 18.1. The number of anilines is 1. The molecule has 0 fully saturated rings. The van der Waals surface area contributed by atoms with Crippen molar-refractivity contribution in [3.8, 4) is 0 Å². The number of nitrogens with one attached hydrogen (secondary N) is 1. The molecule has 18 heavy (non-hydrogen) atoms. The molecule has 0 aliphatic heterocycles. The maximum atomic E-state index is 13.0. The first-order valence-corrected chi connectivity index (χ1v) is 5.74. The molecule has 5 heteroatoms. The number of benzene rings is 1. The zero-order valence-corrected chi connectivity index (χ0v) is 10.7. The Balaban J connectivity index is 2.98. The van der Waals surface area contributed by atoms with E-state index in [4.69, 9.17) is 9.84 Å². The number of rotatable bonds is 6. The molecule has 0 aromatic heterocycles. The summed E-state index contributed by atoms with van der Waals surface area (Å²) in [7, 11) is 1.58. The van der Waals surface area contributed by atoms with Crippen LogP contribution in [0.1, 0.15) is 24.2 Å². The highest BCUT2D eigenvalue weighted by molar-refractivity contribution is 5.94. The van der Waals surface area contributed by atoms with E-state index in [1.54, 1.807) is 7.11 Å². The lowest BCUT2D eigenvalue weighted by Gasteiger charge is -2.23. The molecule has 1 rings (SSSR count). The summed E-state index contributed by atoms with van der Waals surface area (Å²) in [5, 5.41) is 12.1. The van der Waals surface area contributed by atoms with E-state index in [0.717, 1.165) is 6.07 Å². The van der Waals surface area contributed by atoms with Crippen LogP contribution in [0.4, 0.5) is 10.1 Å². The molecule has 0 amide bonds. The summed E-state index contributed by atoms with van der Waals surface area (Å²) in [4.78, 5) is 11.0. The number of ether oxygens (including phenoxy) is 1. The first-order valence-electron chi connectivity index (χ1n) is 5.74. The molecule has 0 radical (unpaired) electrons. The predicted octanol–water partition coefficient (Wildman–Crippen LogP) is 2.61. The number of halogens is 1. The highest BCUT2D eigenvalue weighted by atomic mass is 19.1. The van der Waals surface area contributed by atoms with Gasteiger partial charge in [0.05, 0.1) is 18.2 Å². The van der Waals surface area contributed by atoms with Gasteiger partial charge < -0.3 is 15.2 Å². The number of methoxy groups -OCH3 is 1. The van der Waals surface area contributed by atoms with Gasteiger partial charge in [0, 0.05) is 12.8 Å². The molecule has 0 saturated carbocycles. The summed E-state index contributed by atoms with van der Waals surface area (Å²) in [6.07, 6.45) is 0. The predicted molar refractivity (Wildman–Crippen MR) is 67.5 cm³/mol. The highest BCUT2D eigenvalue weighted by Crippen LogP contribution is 2.20. The normalized spacial score (nSPS) is 12.5. The monoisotopic (exact) mass is 255 g/mol. The van der Waals surface area contributed by atoms with Crippen molar-refractivity contribution < 1.29 is 19.0 Å². The lowest BCUT2D eigenvalue weighted by atomic mass is 10.0. The quantitative estimate of drug-likeness (QED) is 0.820. The molecule has 1 aromatic rings. The van der Waals surface area contributed by atoms with Crippen LogP contribution >= 0.6 is 0 Å². The van der Waals surface area contributed by atoms with Crippen LogP contribution < -0.4 is 5.32 Å². The van der Waals surface area contributed by atoms with Gasteiger partial charge in [0.2, 0.25) is 0 Å². The first kappa shape index (κ1) is 14.4. The molecule has 1 aromatic carbocycles. The smallest absolute Gasteiger partial charge is 0.337 e. The second kappa shape index (κ2) is 6.35. The van der Waals surface area contributed by atoms with E-state index in [1.807, 2.05) is 13.8 Å². The van der Waals surface area contributed by atoms with Crippen molar-refractivity contribution in [3.05, 3.63) is 29.6 Å². The number of hydrogen-bond acceptors (Lipinski definition) is 3. The molecule has 0 heterocycles. The molecular formula is C13H18FNO3. The third kappa shape index (κ3) is 3.70. The number of aromatic carboxylic acids is 1. The topological polar surface area (TPSA) is 58.6 Å². The second-order valence-electron chi connectivity index (χ2n) is 4.45.